The van der Waals surface area contributed by atoms with E-state index in [1.54, 1.807) is 18.4 Å². The summed E-state index contributed by atoms with van der Waals surface area (Å²) < 4.78 is 10.7. The molecule has 166 valence electrons. The van der Waals surface area contributed by atoms with E-state index in [-0.39, 0.29) is 18.5 Å². The molecular formula is C26H28N2O3S. The van der Waals surface area contributed by atoms with Crippen LogP contribution < -0.4 is 10.1 Å². The number of fused-ring (bicyclic) bond motifs is 1. The van der Waals surface area contributed by atoms with E-state index < -0.39 is 0 Å². The standard InChI is InChI=1S/C26H28N2O3S/c1-30-23-9-10-25-24(15-23)19(11-13-28-25)5-2-6-21-17-32-18-22(21)8-4-14-31-26(29)20-7-3-12-27-16-20/h9-11,13,15,17-18,20,27H,2-3,5-7,12,14,16H2,1H3/t20-/m1/s1. The van der Waals surface area contributed by atoms with Gasteiger partial charge in [0.25, 0.3) is 0 Å². The van der Waals surface area contributed by atoms with E-state index in [9.17, 15) is 4.79 Å². The molecule has 1 aliphatic heterocycles. The summed E-state index contributed by atoms with van der Waals surface area (Å²) in [6.45, 7) is 1.84. The number of benzene rings is 1. The SMILES string of the molecule is COc1ccc2nccc(CCCc3cscc3C#CCOC(=O)[C@@H]3CCCNC3)c2c1. The number of pyridine rings is 1. The molecule has 32 heavy (non-hydrogen) atoms. The summed E-state index contributed by atoms with van der Waals surface area (Å²) in [5.41, 5.74) is 4.55. The maximum Gasteiger partial charge on any atom is 0.311 e. The number of nitrogens with one attached hydrogen (secondary N) is 1. The third kappa shape index (κ3) is 5.67. The monoisotopic (exact) mass is 448 g/mol. The number of nitrogens with zero attached hydrogens (tertiary/aromatic N) is 1. The van der Waals surface area contributed by atoms with E-state index in [0.717, 1.165) is 60.9 Å². The van der Waals surface area contributed by atoms with Crippen molar-refractivity contribution in [2.75, 3.05) is 26.8 Å². The highest BCUT2D eigenvalue weighted by Crippen LogP contribution is 2.24. The van der Waals surface area contributed by atoms with Crippen molar-refractivity contribution in [3.63, 3.8) is 0 Å². The van der Waals surface area contributed by atoms with Crippen LogP contribution in [0, 0.1) is 17.8 Å². The van der Waals surface area contributed by atoms with E-state index in [1.165, 1.54) is 11.1 Å². The number of hydrogen-bond acceptors (Lipinski definition) is 6. The number of piperidine rings is 1. The van der Waals surface area contributed by atoms with E-state index in [4.69, 9.17) is 9.47 Å². The number of ether oxygens (including phenoxy) is 2. The van der Waals surface area contributed by atoms with Crippen LogP contribution in [0.3, 0.4) is 0 Å². The number of thiophene rings is 1. The minimum atomic E-state index is -0.141. The van der Waals surface area contributed by atoms with Crippen LogP contribution in [0.4, 0.5) is 0 Å². The Kier molecular flexibility index (Phi) is 7.76. The molecule has 1 aliphatic rings. The Balaban J connectivity index is 1.31. The normalized spacial score (nSPS) is 15.7. The summed E-state index contributed by atoms with van der Waals surface area (Å²) in [6, 6.07) is 8.09. The molecule has 0 aliphatic carbocycles. The van der Waals surface area contributed by atoms with Crippen LogP contribution in [0.2, 0.25) is 0 Å². The smallest absolute Gasteiger partial charge is 0.311 e. The molecule has 2 aromatic heterocycles. The highest BCUT2D eigenvalue weighted by Gasteiger charge is 2.21. The van der Waals surface area contributed by atoms with E-state index in [2.05, 4.69) is 45.0 Å². The fraction of sp³-hybridized carbons (Fsp3) is 0.385. The Morgan fingerprint density at radius 3 is 3.00 bits per heavy atom. The minimum absolute atomic E-state index is 0.0357. The van der Waals surface area contributed by atoms with E-state index >= 15 is 0 Å². The first kappa shape index (κ1) is 22.3. The second-order valence-corrected chi connectivity index (χ2v) is 8.71. The van der Waals surface area contributed by atoms with Gasteiger partial charge in [-0.1, -0.05) is 11.8 Å². The Morgan fingerprint density at radius 2 is 2.16 bits per heavy atom. The molecule has 0 saturated carbocycles. The molecule has 0 unspecified atom stereocenters. The lowest BCUT2D eigenvalue weighted by Gasteiger charge is -2.20. The Bertz CT molecular complexity index is 1120. The van der Waals surface area contributed by atoms with Gasteiger partial charge in [-0.3, -0.25) is 9.78 Å². The fourth-order valence-corrected chi connectivity index (χ4v) is 4.86. The number of carbonyl (C=O) groups excluding carboxylic acids is 1. The highest BCUT2D eigenvalue weighted by molar-refractivity contribution is 7.08. The van der Waals surface area contributed by atoms with Crippen molar-refractivity contribution in [1.29, 1.82) is 0 Å². The lowest BCUT2D eigenvalue weighted by Crippen LogP contribution is -2.35. The Hall–Kier alpha value is -2.88. The predicted molar refractivity (Wildman–Crippen MR) is 128 cm³/mol. The van der Waals surface area contributed by atoms with Crippen LogP contribution in [0.15, 0.2) is 41.2 Å². The van der Waals surface area contributed by atoms with Gasteiger partial charge in [0.05, 0.1) is 18.5 Å². The third-order valence-corrected chi connectivity index (χ3v) is 6.61. The summed E-state index contributed by atoms with van der Waals surface area (Å²) >= 11 is 1.66. The van der Waals surface area contributed by atoms with Crippen molar-refractivity contribution in [1.82, 2.24) is 10.3 Å². The molecule has 3 heterocycles. The molecule has 0 radical (unpaired) electrons. The molecular weight excluding hydrogens is 420 g/mol. The van der Waals surface area contributed by atoms with Crippen molar-refractivity contribution in [3.05, 3.63) is 57.9 Å². The van der Waals surface area contributed by atoms with Crippen molar-refractivity contribution >= 4 is 28.2 Å². The largest absolute Gasteiger partial charge is 0.497 e. The number of rotatable bonds is 7. The van der Waals surface area contributed by atoms with Crippen LogP contribution >= 0.6 is 11.3 Å². The number of carbonyl (C=O) groups is 1. The summed E-state index contributed by atoms with van der Waals surface area (Å²) in [4.78, 5) is 16.6. The minimum Gasteiger partial charge on any atom is -0.497 e. The third-order valence-electron chi connectivity index (χ3n) is 5.81. The highest BCUT2D eigenvalue weighted by atomic mass is 32.1. The van der Waals surface area contributed by atoms with Gasteiger partial charge in [-0.05, 0) is 79.4 Å². The molecule has 5 nitrogen and oxygen atoms in total. The zero-order valence-corrected chi connectivity index (χ0v) is 19.2. The molecule has 4 rings (SSSR count). The molecule has 1 saturated heterocycles. The van der Waals surface area contributed by atoms with Gasteiger partial charge in [0.15, 0.2) is 6.61 Å². The van der Waals surface area contributed by atoms with Crippen molar-refractivity contribution < 1.29 is 14.3 Å². The number of methoxy groups -OCH3 is 1. The number of aromatic nitrogens is 1. The van der Waals surface area contributed by atoms with Crippen molar-refractivity contribution in [2.24, 2.45) is 5.92 Å². The van der Waals surface area contributed by atoms with Crippen LogP contribution in [0.1, 0.15) is 36.0 Å². The molecule has 3 aromatic rings. The number of hydrogen-bond donors (Lipinski definition) is 1. The van der Waals surface area contributed by atoms with Gasteiger partial charge in [0, 0.05) is 29.1 Å². The average Bonchev–Trinajstić information content (AvgIpc) is 3.29. The van der Waals surface area contributed by atoms with Crippen LogP contribution in [-0.4, -0.2) is 37.8 Å². The molecule has 1 N–H and O–H groups in total. The van der Waals surface area contributed by atoms with Gasteiger partial charge >= 0.3 is 5.97 Å². The summed E-state index contributed by atoms with van der Waals surface area (Å²) in [5, 5.41) is 8.62. The van der Waals surface area contributed by atoms with Gasteiger partial charge in [-0.15, -0.1) is 0 Å². The molecule has 1 fully saturated rings. The van der Waals surface area contributed by atoms with Gasteiger partial charge in [-0.2, -0.15) is 11.3 Å². The number of aryl methyl sites for hydroxylation is 2. The maximum absolute atomic E-state index is 12.1. The zero-order chi connectivity index (χ0) is 22.2. The lowest BCUT2D eigenvalue weighted by atomic mass is 10.0. The molecule has 1 aromatic carbocycles. The number of esters is 1. The van der Waals surface area contributed by atoms with E-state index in [0.29, 0.717) is 6.54 Å². The first-order chi connectivity index (χ1) is 15.7. The summed E-state index contributed by atoms with van der Waals surface area (Å²) in [6.07, 6.45) is 6.72. The topological polar surface area (TPSA) is 60.5 Å². The molecule has 0 amide bonds. The second-order valence-electron chi connectivity index (χ2n) is 7.97. The Morgan fingerprint density at radius 1 is 1.25 bits per heavy atom. The second kappa shape index (κ2) is 11.1. The van der Waals surface area contributed by atoms with Crippen LogP contribution in [-0.2, 0) is 22.4 Å². The summed E-state index contributed by atoms with van der Waals surface area (Å²) in [5.74, 6) is 6.87. The molecule has 1 atom stereocenters. The first-order valence-electron chi connectivity index (χ1n) is 11.1. The van der Waals surface area contributed by atoms with Gasteiger partial charge in [0.1, 0.15) is 5.75 Å². The molecule has 0 spiro atoms. The molecule has 6 heteroatoms. The average molecular weight is 449 g/mol. The predicted octanol–water partition coefficient (Wildman–Crippen LogP) is 4.37. The van der Waals surface area contributed by atoms with Crippen LogP contribution in [0.5, 0.6) is 5.75 Å². The van der Waals surface area contributed by atoms with Crippen molar-refractivity contribution in [2.45, 2.75) is 32.1 Å². The maximum atomic E-state index is 12.1. The first-order valence-corrected chi connectivity index (χ1v) is 12.0. The quantitative estimate of drug-likeness (QED) is 0.430. The summed E-state index contributed by atoms with van der Waals surface area (Å²) in [7, 11) is 1.69. The molecule has 0 bridgehead atoms. The van der Waals surface area contributed by atoms with Crippen molar-refractivity contribution in [3.8, 4) is 17.6 Å². The zero-order valence-electron chi connectivity index (χ0n) is 18.4. The lowest BCUT2D eigenvalue weighted by molar-refractivity contribution is -0.147. The Labute approximate surface area is 193 Å². The van der Waals surface area contributed by atoms with Crippen LogP contribution in [0.25, 0.3) is 10.9 Å². The van der Waals surface area contributed by atoms with Gasteiger partial charge < -0.3 is 14.8 Å². The van der Waals surface area contributed by atoms with E-state index in [1.807, 2.05) is 18.3 Å². The fourth-order valence-electron chi connectivity index (χ4n) is 4.03. The van der Waals surface area contributed by atoms with Gasteiger partial charge in [0.2, 0.25) is 0 Å². The van der Waals surface area contributed by atoms with Gasteiger partial charge in [-0.25, -0.2) is 0 Å².